The first-order chi connectivity index (χ1) is 9.78. The number of nitrogens with zero attached hydrogens (tertiary/aromatic N) is 2. The molecule has 3 aromatic rings. The van der Waals surface area contributed by atoms with Crippen LogP contribution in [-0.4, -0.2) is 17.1 Å². The Morgan fingerprint density at radius 2 is 1.95 bits per heavy atom. The summed E-state index contributed by atoms with van der Waals surface area (Å²) in [5.74, 6) is 1.38. The highest BCUT2D eigenvalue weighted by Gasteiger charge is 2.06. The molecule has 2 heterocycles. The Morgan fingerprint density at radius 1 is 1.15 bits per heavy atom. The van der Waals surface area contributed by atoms with Gasteiger partial charge in [-0.3, -0.25) is 0 Å². The molecule has 5 heteroatoms. The van der Waals surface area contributed by atoms with Crippen LogP contribution >= 0.6 is 11.3 Å². The summed E-state index contributed by atoms with van der Waals surface area (Å²) in [7, 11) is 1.66. The van der Waals surface area contributed by atoms with Crippen molar-refractivity contribution in [2.75, 3.05) is 12.8 Å². The maximum atomic E-state index is 5.83. The molecule has 100 valence electrons. The summed E-state index contributed by atoms with van der Waals surface area (Å²) >= 11 is 1.56. The number of nitrogen functional groups attached to an aromatic ring is 1. The minimum atomic E-state index is 0.532. The lowest BCUT2D eigenvalue weighted by atomic mass is 10.1. The van der Waals surface area contributed by atoms with Gasteiger partial charge in [-0.25, -0.2) is 9.97 Å². The van der Waals surface area contributed by atoms with E-state index in [4.69, 9.17) is 10.5 Å². The molecule has 0 radical (unpaired) electrons. The van der Waals surface area contributed by atoms with Crippen molar-refractivity contribution < 1.29 is 4.74 Å². The largest absolute Gasteiger partial charge is 0.497 e. The summed E-state index contributed by atoms with van der Waals surface area (Å²) in [6.45, 7) is 0. The van der Waals surface area contributed by atoms with Gasteiger partial charge in [-0.2, -0.15) is 0 Å². The van der Waals surface area contributed by atoms with Gasteiger partial charge in [0, 0.05) is 10.9 Å². The van der Waals surface area contributed by atoms with Gasteiger partial charge in [0.1, 0.15) is 17.9 Å². The van der Waals surface area contributed by atoms with Crippen molar-refractivity contribution in [3.05, 3.63) is 47.1 Å². The van der Waals surface area contributed by atoms with Crippen LogP contribution in [0.1, 0.15) is 11.1 Å². The lowest BCUT2D eigenvalue weighted by Gasteiger charge is -1.99. The molecule has 1 aromatic carbocycles. The number of aromatic nitrogens is 2. The number of nitrogens with two attached hydrogens (primary N) is 1. The Kier molecular flexibility index (Phi) is 3.35. The van der Waals surface area contributed by atoms with E-state index in [1.807, 2.05) is 41.8 Å². The van der Waals surface area contributed by atoms with Gasteiger partial charge in [0.25, 0.3) is 0 Å². The fourth-order valence-electron chi connectivity index (χ4n) is 1.91. The third-order valence-electron chi connectivity index (χ3n) is 2.98. The fourth-order valence-corrected chi connectivity index (χ4v) is 2.80. The molecule has 0 saturated heterocycles. The number of anilines is 1. The summed E-state index contributed by atoms with van der Waals surface area (Å²) in [5, 5.41) is 2.04. The van der Waals surface area contributed by atoms with Crippen molar-refractivity contribution in [3.63, 3.8) is 0 Å². The maximum Gasteiger partial charge on any atom is 0.144 e. The van der Waals surface area contributed by atoms with E-state index >= 15 is 0 Å². The average Bonchev–Trinajstić information content (AvgIpc) is 2.90. The van der Waals surface area contributed by atoms with E-state index in [-0.39, 0.29) is 0 Å². The second-order valence-electron chi connectivity index (χ2n) is 4.23. The molecule has 4 nitrogen and oxygen atoms in total. The molecule has 0 bridgehead atoms. The van der Waals surface area contributed by atoms with Gasteiger partial charge in [-0.05, 0) is 17.7 Å². The lowest BCUT2D eigenvalue weighted by Crippen LogP contribution is -1.90. The zero-order chi connectivity index (χ0) is 13.9. The molecule has 0 aliphatic rings. The number of benzene rings is 1. The van der Waals surface area contributed by atoms with Gasteiger partial charge in [0.15, 0.2) is 0 Å². The monoisotopic (exact) mass is 283 g/mol. The third-order valence-corrected chi connectivity index (χ3v) is 3.99. The van der Waals surface area contributed by atoms with Crippen LogP contribution in [0.25, 0.3) is 22.4 Å². The molecule has 0 unspecified atom stereocenters. The summed E-state index contributed by atoms with van der Waals surface area (Å²) in [4.78, 5) is 8.29. The van der Waals surface area contributed by atoms with Crippen LogP contribution < -0.4 is 10.5 Å². The van der Waals surface area contributed by atoms with Crippen LogP contribution in [0.4, 0.5) is 5.82 Å². The molecular formula is C15H13N3OS. The predicted octanol–water partition coefficient (Wildman–Crippen LogP) is 3.45. The zero-order valence-electron chi connectivity index (χ0n) is 10.9. The van der Waals surface area contributed by atoms with Crippen molar-refractivity contribution in [3.8, 4) is 5.75 Å². The quantitative estimate of drug-likeness (QED) is 0.799. The number of hydrogen-bond donors (Lipinski definition) is 1. The zero-order valence-corrected chi connectivity index (χ0v) is 11.7. The number of methoxy groups -OCH3 is 1. The van der Waals surface area contributed by atoms with Crippen LogP contribution in [0.5, 0.6) is 5.75 Å². The molecular weight excluding hydrogens is 270 g/mol. The van der Waals surface area contributed by atoms with E-state index in [2.05, 4.69) is 9.97 Å². The summed E-state index contributed by atoms with van der Waals surface area (Å²) in [6.07, 6.45) is 5.57. The van der Waals surface area contributed by atoms with Crippen LogP contribution in [0.3, 0.4) is 0 Å². The average molecular weight is 283 g/mol. The molecule has 20 heavy (non-hydrogen) atoms. The smallest absolute Gasteiger partial charge is 0.144 e. The molecule has 0 spiro atoms. The van der Waals surface area contributed by atoms with E-state index < -0.39 is 0 Å². The van der Waals surface area contributed by atoms with Crippen LogP contribution in [0.15, 0.2) is 36.0 Å². The van der Waals surface area contributed by atoms with Gasteiger partial charge in [0.05, 0.1) is 17.3 Å². The van der Waals surface area contributed by atoms with E-state index in [0.29, 0.717) is 5.82 Å². The topological polar surface area (TPSA) is 61.0 Å². The Morgan fingerprint density at radius 3 is 2.70 bits per heavy atom. The van der Waals surface area contributed by atoms with Gasteiger partial charge in [-0.1, -0.05) is 24.3 Å². The van der Waals surface area contributed by atoms with Gasteiger partial charge in [0.2, 0.25) is 0 Å². The molecule has 0 fully saturated rings. The second kappa shape index (κ2) is 5.30. The molecule has 0 aliphatic carbocycles. The molecule has 3 rings (SSSR count). The Balaban J connectivity index is 1.92. The van der Waals surface area contributed by atoms with Gasteiger partial charge < -0.3 is 10.5 Å². The lowest BCUT2D eigenvalue weighted by molar-refractivity contribution is 0.415. The van der Waals surface area contributed by atoms with Crippen molar-refractivity contribution in [2.24, 2.45) is 0 Å². The summed E-state index contributed by atoms with van der Waals surface area (Å²) in [5.41, 5.74) is 8.88. The minimum absolute atomic E-state index is 0.532. The SMILES string of the molecule is COc1ccc(C=Cc2csc3c(N)ncnc23)cc1. The standard InChI is InChI=1S/C15H13N3OS/c1-19-12-6-3-10(4-7-12)2-5-11-8-20-14-13(11)17-9-18-15(14)16/h2-9H,1H3,(H2,16,17,18). The fraction of sp³-hybridized carbons (Fsp3) is 0.0667. The Hall–Kier alpha value is -2.40. The van der Waals surface area contributed by atoms with E-state index in [0.717, 1.165) is 27.1 Å². The van der Waals surface area contributed by atoms with E-state index in [1.165, 1.54) is 6.33 Å². The number of rotatable bonds is 3. The second-order valence-corrected chi connectivity index (χ2v) is 5.11. The van der Waals surface area contributed by atoms with Crippen LogP contribution in [-0.2, 0) is 0 Å². The van der Waals surface area contributed by atoms with Crippen molar-refractivity contribution in [1.29, 1.82) is 0 Å². The summed E-state index contributed by atoms with van der Waals surface area (Å²) in [6, 6.07) is 7.89. The Labute approximate surface area is 120 Å². The maximum absolute atomic E-state index is 5.83. The highest BCUT2D eigenvalue weighted by Crippen LogP contribution is 2.28. The normalized spacial score (nSPS) is 11.2. The van der Waals surface area contributed by atoms with Gasteiger partial charge in [-0.15, -0.1) is 11.3 Å². The number of hydrogen-bond acceptors (Lipinski definition) is 5. The molecule has 0 saturated carbocycles. The van der Waals surface area contributed by atoms with E-state index in [1.54, 1.807) is 18.4 Å². The molecule has 2 aromatic heterocycles. The Bertz CT molecular complexity index is 762. The highest BCUT2D eigenvalue weighted by atomic mass is 32.1. The first kappa shape index (κ1) is 12.6. The third kappa shape index (κ3) is 2.35. The molecule has 2 N–H and O–H groups in total. The molecule has 0 amide bonds. The van der Waals surface area contributed by atoms with Crippen molar-refractivity contribution >= 4 is 39.5 Å². The van der Waals surface area contributed by atoms with Gasteiger partial charge >= 0.3 is 0 Å². The number of fused-ring (bicyclic) bond motifs is 1. The summed E-state index contributed by atoms with van der Waals surface area (Å²) < 4.78 is 6.07. The first-order valence-corrected chi connectivity index (χ1v) is 6.95. The first-order valence-electron chi connectivity index (χ1n) is 6.08. The molecule has 0 aliphatic heterocycles. The highest BCUT2D eigenvalue weighted by molar-refractivity contribution is 7.18. The number of ether oxygens (including phenoxy) is 1. The van der Waals surface area contributed by atoms with Crippen molar-refractivity contribution in [2.45, 2.75) is 0 Å². The van der Waals surface area contributed by atoms with E-state index in [9.17, 15) is 0 Å². The molecule has 0 atom stereocenters. The van der Waals surface area contributed by atoms with Crippen LogP contribution in [0.2, 0.25) is 0 Å². The predicted molar refractivity (Wildman–Crippen MR) is 83.7 cm³/mol. The number of thiophene rings is 1. The minimum Gasteiger partial charge on any atom is -0.497 e. The van der Waals surface area contributed by atoms with Crippen molar-refractivity contribution in [1.82, 2.24) is 9.97 Å². The van der Waals surface area contributed by atoms with Crippen LogP contribution in [0, 0.1) is 0 Å².